The Morgan fingerprint density at radius 1 is 1.17 bits per heavy atom. The first-order valence-corrected chi connectivity index (χ1v) is 8.53. The lowest BCUT2D eigenvalue weighted by Crippen LogP contribution is -2.64. The summed E-state index contributed by atoms with van der Waals surface area (Å²) in [4.78, 5) is 31.1. The predicted molar refractivity (Wildman–Crippen MR) is 90.7 cm³/mol. The van der Waals surface area contributed by atoms with Crippen molar-refractivity contribution in [2.75, 3.05) is 19.6 Å². The lowest BCUT2D eigenvalue weighted by atomic mass is 9.78. The zero-order chi connectivity index (χ0) is 17.8. The lowest BCUT2D eigenvalue weighted by Gasteiger charge is -2.54. The number of carbonyl (C=O) groups excluding carboxylic acids is 2. The number of rotatable bonds is 6. The van der Waals surface area contributed by atoms with Gasteiger partial charge in [0.15, 0.2) is 0 Å². The summed E-state index contributed by atoms with van der Waals surface area (Å²) in [5, 5.41) is 4.70. The Morgan fingerprint density at radius 3 is 2.09 bits per heavy atom. The summed E-state index contributed by atoms with van der Waals surface area (Å²) < 4.78 is 0. The average molecular weight is 327 g/mol. The number of piperidine rings is 1. The van der Waals surface area contributed by atoms with Crippen LogP contribution >= 0.6 is 0 Å². The van der Waals surface area contributed by atoms with Crippen molar-refractivity contribution in [2.45, 2.75) is 78.4 Å². The van der Waals surface area contributed by atoms with E-state index in [0.717, 1.165) is 19.4 Å². The molecule has 0 radical (unpaired) electrons. The van der Waals surface area contributed by atoms with Crippen LogP contribution in [-0.4, -0.2) is 58.6 Å². The van der Waals surface area contributed by atoms with E-state index in [-0.39, 0.29) is 29.0 Å². The summed E-state index contributed by atoms with van der Waals surface area (Å²) in [6.45, 7) is 15.7. The maximum atomic E-state index is 12.0. The van der Waals surface area contributed by atoms with Crippen LogP contribution < -0.4 is 5.32 Å². The smallest absolute Gasteiger partial charge is 0.322 e. The van der Waals surface area contributed by atoms with Crippen LogP contribution in [-0.2, 0) is 14.4 Å². The fourth-order valence-corrected chi connectivity index (χ4v) is 3.78. The summed E-state index contributed by atoms with van der Waals surface area (Å²) >= 11 is 0. The molecule has 1 fully saturated rings. The molecule has 0 aromatic heterocycles. The Kier molecular flexibility index (Phi) is 6.59. The van der Waals surface area contributed by atoms with Gasteiger partial charge in [0, 0.05) is 19.5 Å². The molecule has 1 heterocycles. The number of nitrogens with one attached hydrogen (secondary N) is 1. The van der Waals surface area contributed by atoms with Gasteiger partial charge in [-0.1, -0.05) is 6.92 Å². The number of amides is 1. The largest absolute Gasteiger partial charge is 0.367 e. The minimum absolute atomic E-state index is 0.0624. The number of carbonyl (C=O) groups is 2. The highest BCUT2D eigenvalue weighted by molar-refractivity contribution is 5.78. The average Bonchev–Trinajstić information content (AvgIpc) is 2.39. The van der Waals surface area contributed by atoms with E-state index in [1.807, 2.05) is 12.0 Å². The molecule has 6 heteroatoms. The van der Waals surface area contributed by atoms with E-state index in [1.54, 1.807) is 0 Å². The van der Waals surface area contributed by atoms with Gasteiger partial charge in [0.05, 0.1) is 17.6 Å². The molecule has 0 spiro atoms. The van der Waals surface area contributed by atoms with Gasteiger partial charge in [-0.15, -0.1) is 5.06 Å². The Bertz CT molecular complexity index is 417. The maximum Gasteiger partial charge on any atom is 0.322 e. The minimum atomic E-state index is -0.292. The van der Waals surface area contributed by atoms with Gasteiger partial charge < -0.3 is 10.2 Å². The van der Waals surface area contributed by atoms with Gasteiger partial charge >= 0.3 is 5.97 Å². The van der Waals surface area contributed by atoms with Crippen molar-refractivity contribution in [1.82, 2.24) is 15.3 Å². The number of hydrogen-bond acceptors (Lipinski definition) is 5. The van der Waals surface area contributed by atoms with Gasteiger partial charge in [-0.05, 0) is 54.0 Å². The normalized spacial score (nSPS) is 21.2. The SMILES string of the molecule is CCNC(=O)CN(CC)C1CC(C)(C)N(OC(C)=O)C(C)(C)C1. The molecule has 1 aliphatic heterocycles. The van der Waals surface area contributed by atoms with Crippen LogP contribution in [0.4, 0.5) is 0 Å². The zero-order valence-electron chi connectivity index (χ0n) is 15.7. The molecular formula is C17H33N3O3. The number of hydrogen-bond donors (Lipinski definition) is 1. The van der Waals surface area contributed by atoms with Gasteiger partial charge in [-0.2, -0.15) is 0 Å². The van der Waals surface area contributed by atoms with Crippen molar-refractivity contribution in [3.05, 3.63) is 0 Å². The van der Waals surface area contributed by atoms with Gasteiger partial charge in [-0.3, -0.25) is 14.5 Å². The molecule has 134 valence electrons. The van der Waals surface area contributed by atoms with Crippen LogP contribution in [0.3, 0.4) is 0 Å². The molecule has 0 aliphatic carbocycles. The van der Waals surface area contributed by atoms with Crippen molar-refractivity contribution < 1.29 is 14.4 Å². The summed E-state index contributed by atoms with van der Waals surface area (Å²) in [7, 11) is 0. The molecule has 0 aromatic carbocycles. The molecule has 0 atom stereocenters. The Hall–Kier alpha value is -1.14. The van der Waals surface area contributed by atoms with Crippen molar-refractivity contribution in [1.29, 1.82) is 0 Å². The Labute approximate surface area is 140 Å². The highest BCUT2D eigenvalue weighted by atomic mass is 16.7. The van der Waals surface area contributed by atoms with Crippen LogP contribution in [0.15, 0.2) is 0 Å². The molecule has 1 N–H and O–H groups in total. The van der Waals surface area contributed by atoms with E-state index < -0.39 is 0 Å². The second-order valence-electron chi connectivity index (χ2n) is 7.58. The fourth-order valence-electron chi connectivity index (χ4n) is 3.78. The molecule has 1 aliphatic rings. The molecule has 0 bridgehead atoms. The third-order valence-electron chi connectivity index (χ3n) is 4.43. The van der Waals surface area contributed by atoms with Crippen LogP contribution in [0.2, 0.25) is 0 Å². The van der Waals surface area contributed by atoms with E-state index in [2.05, 4.69) is 44.8 Å². The summed E-state index contributed by atoms with van der Waals surface area (Å²) in [5.74, 6) is -0.230. The monoisotopic (exact) mass is 327 g/mol. The third kappa shape index (κ3) is 5.18. The molecule has 23 heavy (non-hydrogen) atoms. The van der Waals surface area contributed by atoms with Gasteiger partial charge in [0.1, 0.15) is 0 Å². The van der Waals surface area contributed by atoms with Gasteiger partial charge in [0.2, 0.25) is 5.91 Å². The zero-order valence-corrected chi connectivity index (χ0v) is 15.7. The van der Waals surface area contributed by atoms with Crippen molar-refractivity contribution >= 4 is 11.9 Å². The quantitative estimate of drug-likeness (QED) is 0.808. The van der Waals surface area contributed by atoms with Crippen molar-refractivity contribution in [2.24, 2.45) is 0 Å². The minimum Gasteiger partial charge on any atom is -0.367 e. The molecule has 0 unspecified atom stereocenters. The van der Waals surface area contributed by atoms with Crippen molar-refractivity contribution in [3.8, 4) is 0 Å². The third-order valence-corrected chi connectivity index (χ3v) is 4.43. The standard InChI is InChI=1S/C17H33N3O3/c1-8-18-15(22)12-19(9-2)14-10-16(4,5)20(23-13(3)21)17(6,7)11-14/h14H,8-12H2,1-7H3,(H,18,22). The van der Waals surface area contributed by atoms with Crippen LogP contribution in [0.1, 0.15) is 61.3 Å². The van der Waals surface area contributed by atoms with E-state index in [1.165, 1.54) is 6.92 Å². The molecule has 1 saturated heterocycles. The molecule has 1 rings (SSSR count). The summed E-state index contributed by atoms with van der Waals surface area (Å²) in [6, 6.07) is 0.277. The van der Waals surface area contributed by atoms with Gasteiger partial charge in [-0.25, -0.2) is 0 Å². The first-order valence-electron chi connectivity index (χ1n) is 8.53. The Balaban J connectivity index is 2.91. The summed E-state index contributed by atoms with van der Waals surface area (Å²) in [5.41, 5.74) is -0.570. The first kappa shape index (κ1) is 19.9. The molecule has 0 aromatic rings. The number of likely N-dealkylation sites (N-methyl/N-ethyl adjacent to an activating group) is 2. The van der Waals surface area contributed by atoms with Crippen molar-refractivity contribution in [3.63, 3.8) is 0 Å². The highest BCUT2D eigenvalue weighted by Crippen LogP contribution is 2.40. The second kappa shape index (κ2) is 7.62. The molecule has 0 saturated carbocycles. The van der Waals surface area contributed by atoms with Crippen LogP contribution in [0, 0.1) is 0 Å². The maximum absolute atomic E-state index is 12.0. The first-order chi connectivity index (χ1) is 10.5. The number of hydroxylamine groups is 2. The van der Waals surface area contributed by atoms with Crippen LogP contribution in [0.5, 0.6) is 0 Å². The van der Waals surface area contributed by atoms with Crippen LogP contribution in [0.25, 0.3) is 0 Å². The fraction of sp³-hybridized carbons (Fsp3) is 0.882. The Morgan fingerprint density at radius 2 is 1.70 bits per heavy atom. The highest BCUT2D eigenvalue weighted by Gasteiger charge is 2.49. The molecule has 1 amide bonds. The predicted octanol–water partition coefficient (Wildman–Crippen LogP) is 1.94. The van der Waals surface area contributed by atoms with E-state index in [9.17, 15) is 9.59 Å². The van der Waals surface area contributed by atoms with E-state index in [0.29, 0.717) is 13.1 Å². The molecule has 6 nitrogen and oxygen atoms in total. The summed E-state index contributed by atoms with van der Waals surface area (Å²) in [6.07, 6.45) is 1.69. The van der Waals surface area contributed by atoms with Gasteiger partial charge in [0.25, 0.3) is 0 Å². The van der Waals surface area contributed by atoms with E-state index in [4.69, 9.17) is 4.84 Å². The molecular weight excluding hydrogens is 294 g/mol. The topological polar surface area (TPSA) is 61.9 Å². The number of nitrogens with zero attached hydrogens (tertiary/aromatic N) is 2. The second-order valence-corrected chi connectivity index (χ2v) is 7.58. The van der Waals surface area contributed by atoms with E-state index >= 15 is 0 Å². The lowest BCUT2D eigenvalue weighted by molar-refractivity contribution is -0.270.